The van der Waals surface area contributed by atoms with E-state index in [2.05, 4.69) is 17.2 Å². The zero-order chi connectivity index (χ0) is 11.5. The van der Waals surface area contributed by atoms with Crippen LogP contribution in [0, 0.1) is 11.8 Å². The molecular weight excluding hydrogens is 204 g/mol. The standard InChI is InChI=1S/C12H16N2O2/c1-8-6-10(8)11(15)14-7-9-4-3-5-13-12(9)16-2/h3-5,8,10H,6-7H2,1-2H3,(H,14,15)/t8-,10-/m0/s1. The molecule has 4 heteroatoms. The molecule has 1 saturated carbocycles. The Morgan fingerprint density at radius 1 is 1.69 bits per heavy atom. The summed E-state index contributed by atoms with van der Waals surface area (Å²) in [5.74, 6) is 1.46. The number of methoxy groups -OCH3 is 1. The van der Waals surface area contributed by atoms with Crippen LogP contribution in [0.2, 0.25) is 0 Å². The molecule has 4 nitrogen and oxygen atoms in total. The highest BCUT2D eigenvalue weighted by Gasteiger charge is 2.38. The van der Waals surface area contributed by atoms with Crippen molar-refractivity contribution in [2.24, 2.45) is 11.8 Å². The Labute approximate surface area is 95.0 Å². The topological polar surface area (TPSA) is 51.2 Å². The molecule has 1 aliphatic rings. The fourth-order valence-electron chi connectivity index (χ4n) is 1.74. The maximum Gasteiger partial charge on any atom is 0.223 e. The first-order chi connectivity index (χ1) is 7.72. The predicted octanol–water partition coefficient (Wildman–Crippen LogP) is 1.36. The summed E-state index contributed by atoms with van der Waals surface area (Å²) >= 11 is 0. The molecule has 0 aliphatic heterocycles. The van der Waals surface area contributed by atoms with E-state index >= 15 is 0 Å². The number of pyridine rings is 1. The molecule has 86 valence electrons. The predicted molar refractivity (Wildman–Crippen MR) is 59.9 cm³/mol. The van der Waals surface area contributed by atoms with Gasteiger partial charge in [-0.15, -0.1) is 0 Å². The highest BCUT2D eigenvalue weighted by Crippen LogP contribution is 2.37. The SMILES string of the molecule is COc1ncccc1CNC(=O)[C@H]1C[C@@H]1C. The van der Waals surface area contributed by atoms with E-state index in [0.717, 1.165) is 12.0 Å². The van der Waals surface area contributed by atoms with Gasteiger partial charge < -0.3 is 10.1 Å². The van der Waals surface area contributed by atoms with Gasteiger partial charge >= 0.3 is 0 Å². The molecule has 0 radical (unpaired) electrons. The number of nitrogens with zero attached hydrogens (tertiary/aromatic N) is 1. The highest BCUT2D eigenvalue weighted by molar-refractivity contribution is 5.81. The second kappa shape index (κ2) is 4.51. The summed E-state index contributed by atoms with van der Waals surface area (Å²) in [4.78, 5) is 15.7. The second-order valence-corrected chi connectivity index (χ2v) is 4.21. The van der Waals surface area contributed by atoms with Crippen molar-refractivity contribution < 1.29 is 9.53 Å². The molecular formula is C12H16N2O2. The minimum atomic E-state index is 0.137. The van der Waals surface area contributed by atoms with Crippen molar-refractivity contribution in [2.75, 3.05) is 7.11 Å². The van der Waals surface area contributed by atoms with Crippen molar-refractivity contribution in [1.29, 1.82) is 0 Å². The summed E-state index contributed by atoms with van der Waals surface area (Å²) in [6.45, 7) is 2.58. The Morgan fingerprint density at radius 2 is 2.44 bits per heavy atom. The zero-order valence-electron chi connectivity index (χ0n) is 9.56. The fourth-order valence-corrected chi connectivity index (χ4v) is 1.74. The first-order valence-electron chi connectivity index (χ1n) is 5.48. The van der Waals surface area contributed by atoms with E-state index in [4.69, 9.17) is 4.74 Å². The minimum Gasteiger partial charge on any atom is -0.481 e. The van der Waals surface area contributed by atoms with Crippen molar-refractivity contribution >= 4 is 5.91 Å². The van der Waals surface area contributed by atoms with Crippen LogP contribution in [0.4, 0.5) is 0 Å². The van der Waals surface area contributed by atoms with Gasteiger partial charge in [0.2, 0.25) is 11.8 Å². The quantitative estimate of drug-likeness (QED) is 0.833. The van der Waals surface area contributed by atoms with Crippen LogP contribution in [-0.2, 0) is 11.3 Å². The van der Waals surface area contributed by atoms with Gasteiger partial charge in [0.25, 0.3) is 0 Å². The van der Waals surface area contributed by atoms with Gasteiger partial charge in [-0.3, -0.25) is 4.79 Å². The van der Waals surface area contributed by atoms with E-state index in [9.17, 15) is 4.79 Å². The number of nitrogens with one attached hydrogen (secondary N) is 1. The average Bonchev–Trinajstić information content (AvgIpc) is 3.04. The number of hydrogen-bond donors (Lipinski definition) is 1. The summed E-state index contributed by atoms with van der Waals surface area (Å²) in [5.41, 5.74) is 0.909. The molecule has 2 rings (SSSR count). The molecule has 2 atom stereocenters. The van der Waals surface area contributed by atoms with Crippen LogP contribution in [0.1, 0.15) is 18.9 Å². The van der Waals surface area contributed by atoms with Gasteiger partial charge in [-0.1, -0.05) is 13.0 Å². The Balaban J connectivity index is 1.91. The number of ether oxygens (including phenoxy) is 1. The monoisotopic (exact) mass is 220 g/mol. The van der Waals surface area contributed by atoms with Crippen LogP contribution >= 0.6 is 0 Å². The fraction of sp³-hybridized carbons (Fsp3) is 0.500. The van der Waals surface area contributed by atoms with E-state index in [0.29, 0.717) is 18.3 Å². The molecule has 1 aromatic heterocycles. The maximum atomic E-state index is 11.6. The highest BCUT2D eigenvalue weighted by atomic mass is 16.5. The lowest BCUT2D eigenvalue weighted by molar-refractivity contribution is -0.122. The first kappa shape index (κ1) is 10.9. The summed E-state index contributed by atoms with van der Waals surface area (Å²) < 4.78 is 5.11. The summed E-state index contributed by atoms with van der Waals surface area (Å²) in [7, 11) is 1.58. The van der Waals surface area contributed by atoms with Crippen LogP contribution in [-0.4, -0.2) is 18.0 Å². The Morgan fingerprint density at radius 3 is 3.06 bits per heavy atom. The third-order valence-corrected chi connectivity index (χ3v) is 2.94. The maximum absolute atomic E-state index is 11.6. The van der Waals surface area contributed by atoms with Crippen LogP contribution in [0.15, 0.2) is 18.3 Å². The van der Waals surface area contributed by atoms with Gasteiger partial charge in [0.1, 0.15) is 0 Å². The molecule has 1 aliphatic carbocycles. The number of rotatable bonds is 4. The van der Waals surface area contributed by atoms with E-state index < -0.39 is 0 Å². The molecule has 1 N–H and O–H groups in total. The second-order valence-electron chi connectivity index (χ2n) is 4.21. The molecule has 1 amide bonds. The third kappa shape index (κ3) is 2.32. The smallest absolute Gasteiger partial charge is 0.223 e. The Bertz CT molecular complexity index is 392. The number of hydrogen-bond acceptors (Lipinski definition) is 3. The molecule has 1 fully saturated rings. The number of carbonyl (C=O) groups excluding carboxylic acids is 1. The third-order valence-electron chi connectivity index (χ3n) is 2.94. The van der Waals surface area contributed by atoms with E-state index in [1.54, 1.807) is 13.3 Å². The van der Waals surface area contributed by atoms with Gasteiger partial charge in [-0.05, 0) is 18.4 Å². The average molecular weight is 220 g/mol. The molecule has 16 heavy (non-hydrogen) atoms. The van der Waals surface area contributed by atoms with E-state index in [-0.39, 0.29) is 11.8 Å². The Kier molecular flexibility index (Phi) is 3.08. The van der Waals surface area contributed by atoms with Crippen molar-refractivity contribution in [1.82, 2.24) is 10.3 Å². The lowest BCUT2D eigenvalue weighted by Crippen LogP contribution is -2.25. The van der Waals surface area contributed by atoms with Gasteiger partial charge in [-0.2, -0.15) is 0 Å². The molecule has 1 heterocycles. The van der Waals surface area contributed by atoms with Crippen molar-refractivity contribution in [3.05, 3.63) is 23.9 Å². The number of carbonyl (C=O) groups is 1. The van der Waals surface area contributed by atoms with Crippen molar-refractivity contribution in [3.8, 4) is 5.88 Å². The Hall–Kier alpha value is -1.58. The van der Waals surface area contributed by atoms with Crippen LogP contribution < -0.4 is 10.1 Å². The molecule has 0 bridgehead atoms. The molecule has 1 aromatic rings. The largest absolute Gasteiger partial charge is 0.481 e. The zero-order valence-corrected chi connectivity index (χ0v) is 9.56. The van der Waals surface area contributed by atoms with Gasteiger partial charge in [0.05, 0.1) is 7.11 Å². The van der Waals surface area contributed by atoms with E-state index in [1.807, 2.05) is 12.1 Å². The normalized spacial score (nSPS) is 22.6. The van der Waals surface area contributed by atoms with Crippen molar-refractivity contribution in [2.45, 2.75) is 19.9 Å². The summed E-state index contributed by atoms with van der Waals surface area (Å²) in [6, 6.07) is 3.74. The first-order valence-corrected chi connectivity index (χ1v) is 5.48. The molecule has 0 unspecified atom stereocenters. The lowest BCUT2D eigenvalue weighted by atomic mass is 10.2. The van der Waals surface area contributed by atoms with Crippen molar-refractivity contribution in [3.63, 3.8) is 0 Å². The van der Waals surface area contributed by atoms with Gasteiger partial charge in [0.15, 0.2) is 0 Å². The van der Waals surface area contributed by atoms with Gasteiger partial charge in [-0.25, -0.2) is 4.98 Å². The molecule has 0 saturated heterocycles. The number of aromatic nitrogens is 1. The minimum absolute atomic E-state index is 0.137. The molecule has 0 aromatic carbocycles. The van der Waals surface area contributed by atoms with Crippen LogP contribution in [0.3, 0.4) is 0 Å². The van der Waals surface area contributed by atoms with Gasteiger partial charge in [0, 0.05) is 24.2 Å². The summed E-state index contributed by atoms with van der Waals surface area (Å²) in [6.07, 6.45) is 2.68. The van der Waals surface area contributed by atoms with Crippen LogP contribution in [0.5, 0.6) is 5.88 Å². The van der Waals surface area contributed by atoms with E-state index in [1.165, 1.54) is 0 Å². The van der Waals surface area contributed by atoms with Crippen LogP contribution in [0.25, 0.3) is 0 Å². The summed E-state index contributed by atoms with van der Waals surface area (Å²) in [5, 5.41) is 2.91. The molecule has 0 spiro atoms. The lowest BCUT2D eigenvalue weighted by Gasteiger charge is -2.08. The number of amides is 1.